The van der Waals surface area contributed by atoms with E-state index in [1.54, 1.807) is 0 Å². The van der Waals surface area contributed by atoms with E-state index in [0.717, 1.165) is 6.54 Å². The molecule has 0 atom stereocenters. The molecule has 0 aliphatic heterocycles. The van der Waals surface area contributed by atoms with Crippen LogP contribution in [0.5, 0.6) is 0 Å². The van der Waals surface area contributed by atoms with Crippen molar-refractivity contribution in [3.05, 3.63) is 84.4 Å². The first kappa shape index (κ1) is 21.7. The largest absolute Gasteiger partial charge is 0.326 e. The molecule has 30 heavy (non-hydrogen) atoms. The van der Waals surface area contributed by atoms with Crippen molar-refractivity contribution in [1.29, 1.82) is 0 Å². The first-order chi connectivity index (χ1) is 14.3. The Morgan fingerprint density at radius 2 is 1.57 bits per heavy atom. The molecule has 0 aliphatic rings. The van der Waals surface area contributed by atoms with Crippen LogP contribution in [0.2, 0.25) is 0 Å². The fourth-order valence-corrected chi connectivity index (χ4v) is 3.69. The van der Waals surface area contributed by atoms with Crippen LogP contribution in [0.15, 0.2) is 83.8 Å². The molecule has 0 heterocycles. The summed E-state index contributed by atoms with van der Waals surface area (Å²) in [6, 6.07) is 24.3. The summed E-state index contributed by atoms with van der Waals surface area (Å²) in [4.78, 5) is 14.4. The molecule has 3 rings (SSSR count). The first-order valence-corrected chi connectivity index (χ1v) is 11.1. The zero-order valence-electron chi connectivity index (χ0n) is 16.8. The molecule has 0 saturated carbocycles. The predicted octanol–water partition coefficient (Wildman–Crippen LogP) is 3.46. The highest BCUT2D eigenvalue weighted by Crippen LogP contribution is 2.24. The van der Waals surface area contributed by atoms with Gasteiger partial charge in [0.15, 0.2) is 0 Å². The zero-order chi connectivity index (χ0) is 21.6. The average molecular weight is 424 g/mol. The summed E-state index contributed by atoms with van der Waals surface area (Å²) in [6.45, 7) is 1.31. The molecule has 3 aromatic rings. The number of nitrogens with two attached hydrogens (primary N) is 1. The van der Waals surface area contributed by atoms with Gasteiger partial charge in [-0.15, -0.1) is 0 Å². The van der Waals surface area contributed by atoms with Crippen LogP contribution in [0.4, 0.5) is 5.69 Å². The molecule has 156 valence electrons. The van der Waals surface area contributed by atoms with Crippen molar-refractivity contribution in [1.82, 2.24) is 4.90 Å². The van der Waals surface area contributed by atoms with Gasteiger partial charge >= 0.3 is 0 Å². The number of benzene rings is 3. The molecular weight excluding hydrogens is 398 g/mol. The monoisotopic (exact) mass is 423 g/mol. The number of hydrogen-bond donors (Lipinski definition) is 2. The highest BCUT2D eigenvalue weighted by molar-refractivity contribution is 7.89. The molecule has 0 radical (unpaired) electrons. The maximum atomic E-state index is 12.3. The predicted molar refractivity (Wildman–Crippen MR) is 119 cm³/mol. The summed E-state index contributed by atoms with van der Waals surface area (Å²) in [6.07, 6.45) is 0.320. The lowest BCUT2D eigenvalue weighted by atomic mass is 9.99. The van der Waals surface area contributed by atoms with E-state index in [1.807, 2.05) is 37.4 Å². The van der Waals surface area contributed by atoms with Crippen molar-refractivity contribution >= 4 is 21.6 Å². The van der Waals surface area contributed by atoms with E-state index in [-0.39, 0.29) is 10.8 Å². The maximum Gasteiger partial charge on any atom is 0.238 e. The van der Waals surface area contributed by atoms with Crippen molar-refractivity contribution in [2.45, 2.75) is 17.9 Å². The molecule has 3 N–H and O–H groups in total. The van der Waals surface area contributed by atoms with Crippen LogP contribution in [0.1, 0.15) is 12.0 Å². The minimum atomic E-state index is -3.74. The number of carbonyl (C=O) groups is 1. The standard InChI is InChI=1S/C23H25N3O3S/c1-26(17-19-9-5-6-10-22(19)18-7-3-2-4-8-18)16-15-23(27)25-20-11-13-21(14-12-20)30(24,28)29/h2-14H,15-17H2,1H3,(H,25,27)(H2,24,28,29). The van der Waals surface area contributed by atoms with E-state index in [2.05, 4.69) is 34.5 Å². The zero-order valence-corrected chi connectivity index (χ0v) is 17.6. The van der Waals surface area contributed by atoms with Crippen LogP contribution >= 0.6 is 0 Å². The van der Waals surface area contributed by atoms with Crippen molar-refractivity contribution in [3.63, 3.8) is 0 Å². The van der Waals surface area contributed by atoms with Crippen LogP contribution in [-0.4, -0.2) is 32.8 Å². The van der Waals surface area contributed by atoms with Crippen LogP contribution in [-0.2, 0) is 21.4 Å². The summed E-state index contributed by atoms with van der Waals surface area (Å²) < 4.78 is 22.6. The number of anilines is 1. The molecule has 0 saturated heterocycles. The lowest BCUT2D eigenvalue weighted by molar-refractivity contribution is -0.116. The van der Waals surface area contributed by atoms with Gasteiger partial charge < -0.3 is 10.2 Å². The van der Waals surface area contributed by atoms with Crippen LogP contribution < -0.4 is 10.5 Å². The highest BCUT2D eigenvalue weighted by atomic mass is 32.2. The Hall–Kier alpha value is -3.00. The maximum absolute atomic E-state index is 12.3. The van der Waals surface area contributed by atoms with Crippen LogP contribution in [0.25, 0.3) is 11.1 Å². The summed E-state index contributed by atoms with van der Waals surface area (Å²) in [7, 11) is -1.76. The third kappa shape index (κ3) is 6.00. The van der Waals surface area contributed by atoms with Gasteiger partial charge in [-0.25, -0.2) is 13.6 Å². The molecular formula is C23H25N3O3S. The van der Waals surface area contributed by atoms with Crippen LogP contribution in [0.3, 0.4) is 0 Å². The lowest BCUT2D eigenvalue weighted by Gasteiger charge is -2.19. The summed E-state index contributed by atoms with van der Waals surface area (Å²) in [5.74, 6) is -0.137. The topological polar surface area (TPSA) is 92.5 Å². The average Bonchev–Trinajstić information content (AvgIpc) is 2.73. The van der Waals surface area contributed by atoms with E-state index in [0.29, 0.717) is 18.7 Å². The second-order valence-electron chi connectivity index (χ2n) is 7.13. The van der Waals surface area contributed by atoms with Crippen molar-refractivity contribution in [3.8, 4) is 11.1 Å². The summed E-state index contributed by atoms with van der Waals surface area (Å²) in [5.41, 5.74) is 4.08. The van der Waals surface area contributed by atoms with Crippen LogP contribution in [0, 0.1) is 0 Å². The van der Waals surface area contributed by atoms with Gasteiger partial charge in [0.25, 0.3) is 0 Å². The van der Waals surface area contributed by atoms with Crippen molar-refractivity contribution in [2.75, 3.05) is 18.9 Å². The van der Waals surface area contributed by atoms with Gasteiger partial charge in [-0.05, 0) is 48.0 Å². The van der Waals surface area contributed by atoms with Gasteiger partial charge in [0, 0.05) is 25.2 Å². The number of primary sulfonamides is 1. The molecule has 0 bridgehead atoms. The third-order valence-electron chi connectivity index (χ3n) is 4.73. The smallest absolute Gasteiger partial charge is 0.238 e. The van der Waals surface area contributed by atoms with Gasteiger partial charge in [-0.1, -0.05) is 54.6 Å². The molecule has 0 fully saturated rings. The fourth-order valence-electron chi connectivity index (χ4n) is 3.17. The van der Waals surface area contributed by atoms with E-state index >= 15 is 0 Å². The molecule has 0 spiro atoms. The molecule has 0 unspecified atom stereocenters. The van der Waals surface area contributed by atoms with Gasteiger partial charge in [0.1, 0.15) is 0 Å². The number of rotatable bonds is 8. The minimum absolute atomic E-state index is 0.0114. The van der Waals surface area contributed by atoms with E-state index in [9.17, 15) is 13.2 Å². The number of nitrogens with one attached hydrogen (secondary N) is 1. The molecule has 0 aromatic heterocycles. The lowest BCUT2D eigenvalue weighted by Crippen LogP contribution is -2.24. The Kier molecular flexibility index (Phi) is 6.99. The van der Waals surface area contributed by atoms with Crippen molar-refractivity contribution in [2.24, 2.45) is 5.14 Å². The van der Waals surface area contributed by atoms with Gasteiger partial charge in [-0.3, -0.25) is 4.79 Å². The van der Waals surface area contributed by atoms with E-state index in [4.69, 9.17) is 5.14 Å². The molecule has 1 amide bonds. The van der Waals surface area contributed by atoms with Crippen molar-refractivity contribution < 1.29 is 13.2 Å². The number of hydrogen-bond acceptors (Lipinski definition) is 4. The normalized spacial score (nSPS) is 11.4. The number of nitrogens with zero attached hydrogens (tertiary/aromatic N) is 1. The molecule has 7 heteroatoms. The molecule has 3 aromatic carbocycles. The minimum Gasteiger partial charge on any atom is -0.326 e. The number of amides is 1. The fraction of sp³-hybridized carbons (Fsp3) is 0.174. The number of sulfonamides is 1. The Morgan fingerprint density at radius 1 is 0.933 bits per heavy atom. The Morgan fingerprint density at radius 3 is 2.23 bits per heavy atom. The van der Waals surface area contributed by atoms with Gasteiger partial charge in [-0.2, -0.15) is 0 Å². The Labute approximate surface area is 177 Å². The molecule has 6 nitrogen and oxygen atoms in total. The molecule has 0 aliphatic carbocycles. The second-order valence-corrected chi connectivity index (χ2v) is 8.69. The van der Waals surface area contributed by atoms with Gasteiger partial charge in [0.05, 0.1) is 4.90 Å². The number of carbonyl (C=O) groups excluding carboxylic acids is 1. The Bertz CT molecular complexity index is 1100. The Balaban J connectivity index is 1.55. The second kappa shape index (κ2) is 9.67. The summed E-state index contributed by atoms with van der Waals surface area (Å²) >= 11 is 0. The first-order valence-electron chi connectivity index (χ1n) is 9.57. The third-order valence-corrected chi connectivity index (χ3v) is 5.66. The van der Waals surface area contributed by atoms with E-state index in [1.165, 1.54) is 41.0 Å². The summed E-state index contributed by atoms with van der Waals surface area (Å²) in [5, 5.41) is 7.86. The van der Waals surface area contributed by atoms with E-state index < -0.39 is 10.0 Å². The quantitative estimate of drug-likeness (QED) is 0.580. The van der Waals surface area contributed by atoms with Gasteiger partial charge in [0.2, 0.25) is 15.9 Å². The SMILES string of the molecule is CN(CCC(=O)Nc1ccc(S(N)(=O)=O)cc1)Cc1ccccc1-c1ccccc1. The highest BCUT2D eigenvalue weighted by Gasteiger charge is 2.11.